The highest BCUT2D eigenvalue weighted by Gasteiger charge is 2.38. The van der Waals surface area contributed by atoms with Crippen LogP contribution in [0.3, 0.4) is 0 Å². The number of aromatic nitrogens is 3. The van der Waals surface area contributed by atoms with E-state index < -0.39 is 0 Å². The van der Waals surface area contributed by atoms with Crippen LogP contribution >= 0.6 is 11.8 Å². The molecule has 0 fully saturated rings. The van der Waals surface area contributed by atoms with E-state index in [2.05, 4.69) is 34.8 Å². The van der Waals surface area contributed by atoms with Crippen LogP contribution in [-0.2, 0) is 4.79 Å². The van der Waals surface area contributed by atoms with Crippen LogP contribution in [0.4, 0.5) is 0 Å². The van der Waals surface area contributed by atoms with Gasteiger partial charge in [0.2, 0.25) is 11.1 Å². The number of ether oxygens (including phenoxy) is 1. The van der Waals surface area contributed by atoms with Gasteiger partial charge in [0.1, 0.15) is 11.0 Å². The monoisotopic (exact) mass is 437 g/mol. The summed E-state index contributed by atoms with van der Waals surface area (Å²) in [5.74, 6) is 1.90. The van der Waals surface area contributed by atoms with Crippen molar-refractivity contribution in [3.8, 4) is 17.1 Å². The van der Waals surface area contributed by atoms with E-state index in [1.165, 1.54) is 11.8 Å². The fourth-order valence-electron chi connectivity index (χ4n) is 3.42. The lowest BCUT2D eigenvalue weighted by Crippen LogP contribution is -2.44. The average molecular weight is 438 g/mol. The molecular formula is C23H27N5O2S. The standard InChI is InChI=1S/C23H27N5O2S/c1-4-30-18-12-10-16(11-13-18)19-20(22(29)24-14-15(2)3)31-23-26-25-21(28(23)27-19)17-8-6-5-7-9-17/h5-13,15,19-20,27H,4,14H2,1-3H3,(H,24,29)/t19-,20+/m1/s1. The molecular weight excluding hydrogens is 410 g/mol. The van der Waals surface area contributed by atoms with E-state index in [1.54, 1.807) is 0 Å². The van der Waals surface area contributed by atoms with Gasteiger partial charge in [-0.15, -0.1) is 10.2 Å². The van der Waals surface area contributed by atoms with Crippen molar-refractivity contribution < 1.29 is 9.53 Å². The number of carbonyl (C=O) groups excluding carboxylic acids is 1. The van der Waals surface area contributed by atoms with Crippen molar-refractivity contribution in [2.24, 2.45) is 5.92 Å². The lowest BCUT2D eigenvalue weighted by atomic mass is 10.0. The van der Waals surface area contributed by atoms with E-state index in [0.717, 1.165) is 22.7 Å². The van der Waals surface area contributed by atoms with Crippen molar-refractivity contribution in [1.82, 2.24) is 20.2 Å². The number of nitrogens with zero attached hydrogens (tertiary/aromatic N) is 3. The highest BCUT2D eigenvalue weighted by molar-refractivity contribution is 8.00. The minimum absolute atomic E-state index is 0.0133. The number of thioether (sulfide) groups is 1. The Morgan fingerprint density at radius 1 is 1.16 bits per heavy atom. The minimum atomic E-state index is -0.378. The first-order valence-electron chi connectivity index (χ1n) is 10.5. The maximum Gasteiger partial charge on any atom is 0.236 e. The van der Waals surface area contributed by atoms with Crippen LogP contribution < -0.4 is 15.5 Å². The molecule has 0 unspecified atom stereocenters. The summed E-state index contributed by atoms with van der Waals surface area (Å²) in [4.78, 5) is 13.1. The second kappa shape index (κ2) is 9.43. The molecule has 0 aliphatic carbocycles. The number of amides is 1. The molecule has 1 aliphatic rings. The highest BCUT2D eigenvalue weighted by atomic mass is 32.2. The molecule has 0 radical (unpaired) electrons. The summed E-state index contributed by atoms with van der Waals surface area (Å²) in [6, 6.07) is 17.5. The fourth-order valence-corrected chi connectivity index (χ4v) is 4.53. The zero-order valence-corrected chi connectivity index (χ0v) is 18.7. The maximum atomic E-state index is 13.1. The first kappa shape index (κ1) is 21.2. The molecule has 1 aromatic heterocycles. The predicted octanol–water partition coefficient (Wildman–Crippen LogP) is 3.88. The van der Waals surface area contributed by atoms with Crippen LogP contribution in [-0.4, -0.2) is 39.2 Å². The third kappa shape index (κ3) is 4.69. The van der Waals surface area contributed by atoms with E-state index in [-0.39, 0.29) is 17.2 Å². The molecule has 4 rings (SSSR count). The lowest BCUT2D eigenvalue weighted by molar-refractivity contribution is -0.121. The van der Waals surface area contributed by atoms with Gasteiger partial charge in [-0.05, 0) is 30.5 Å². The normalized spacial score (nSPS) is 17.7. The van der Waals surface area contributed by atoms with Gasteiger partial charge in [-0.2, -0.15) is 0 Å². The van der Waals surface area contributed by atoms with Crippen LogP contribution in [0.2, 0.25) is 0 Å². The molecule has 8 heteroatoms. The second-order valence-corrected chi connectivity index (χ2v) is 8.90. The topological polar surface area (TPSA) is 81.1 Å². The maximum absolute atomic E-state index is 13.1. The van der Waals surface area contributed by atoms with E-state index in [4.69, 9.17) is 4.74 Å². The molecule has 0 bridgehead atoms. The Bertz CT molecular complexity index is 1020. The van der Waals surface area contributed by atoms with Gasteiger partial charge in [-0.3, -0.25) is 4.79 Å². The number of carbonyl (C=O) groups is 1. The van der Waals surface area contributed by atoms with Crippen LogP contribution in [0, 0.1) is 5.92 Å². The number of rotatable bonds is 7. The Morgan fingerprint density at radius 3 is 2.58 bits per heavy atom. The Kier molecular flexibility index (Phi) is 6.46. The van der Waals surface area contributed by atoms with E-state index >= 15 is 0 Å². The third-order valence-electron chi connectivity index (χ3n) is 4.96. The molecule has 0 saturated carbocycles. The van der Waals surface area contributed by atoms with Gasteiger partial charge in [0, 0.05) is 12.1 Å². The summed E-state index contributed by atoms with van der Waals surface area (Å²) in [7, 11) is 0. The summed E-state index contributed by atoms with van der Waals surface area (Å²) < 4.78 is 7.46. The van der Waals surface area contributed by atoms with E-state index in [9.17, 15) is 4.79 Å². The quantitative estimate of drug-likeness (QED) is 0.584. The van der Waals surface area contributed by atoms with Crippen LogP contribution in [0.1, 0.15) is 32.4 Å². The van der Waals surface area contributed by atoms with Gasteiger partial charge >= 0.3 is 0 Å². The van der Waals surface area contributed by atoms with Crippen molar-refractivity contribution >= 4 is 17.7 Å². The van der Waals surface area contributed by atoms with Crippen molar-refractivity contribution in [3.63, 3.8) is 0 Å². The second-order valence-electron chi connectivity index (χ2n) is 7.79. The van der Waals surface area contributed by atoms with Crippen molar-refractivity contribution in [2.75, 3.05) is 18.6 Å². The first-order chi connectivity index (χ1) is 15.1. The van der Waals surface area contributed by atoms with Crippen LogP contribution in [0.15, 0.2) is 59.8 Å². The number of benzene rings is 2. The summed E-state index contributed by atoms with van der Waals surface area (Å²) in [5, 5.41) is 12.1. The Morgan fingerprint density at radius 2 is 1.90 bits per heavy atom. The van der Waals surface area contributed by atoms with Gasteiger partial charge in [-0.1, -0.05) is 68.1 Å². The molecule has 2 atom stereocenters. The molecule has 2 N–H and O–H groups in total. The average Bonchev–Trinajstić information content (AvgIpc) is 3.21. The summed E-state index contributed by atoms with van der Waals surface area (Å²) in [5.41, 5.74) is 5.46. The summed E-state index contributed by atoms with van der Waals surface area (Å²) in [6.07, 6.45) is 0. The van der Waals surface area contributed by atoms with E-state index in [0.29, 0.717) is 24.2 Å². The molecule has 0 saturated heterocycles. The van der Waals surface area contributed by atoms with Gasteiger partial charge in [0.05, 0.1) is 12.6 Å². The van der Waals surface area contributed by atoms with Crippen molar-refractivity contribution in [3.05, 3.63) is 60.2 Å². The molecule has 2 aromatic carbocycles. The van der Waals surface area contributed by atoms with Crippen LogP contribution in [0.25, 0.3) is 11.4 Å². The van der Waals surface area contributed by atoms with Gasteiger partial charge in [0.25, 0.3) is 0 Å². The number of nitrogens with one attached hydrogen (secondary N) is 2. The lowest BCUT2D eigenvalue weighted by Gasteiger charge is -2.33. The smallest absolute Gasteiger partial charge is 0.236 e. The van der Waals surface area contributed by atoms with Crippen molar-refractivity contribution in [2.45, 2.75) is 37.2 Å². The fraction of sp³-hybridized carbons (Fsp3) is 0.348. The SMILES string of the molecule is CCOc1ccc([C@H]2Nn3c(nnc3-c3ccccc3)S[C@@H]2C(=O)NCC(C)C)cc1. The predicted molar refractivity (Wildman–Crippen MR) is 123 cm³/mol. The third-order valence-corrected chi connectivity index (χ3v) is 6.18. The number of hydrogen-bond acceptors (Lipinski definition) is 6. The zero-order chi connectivity index (χ0) is 21.8. The molecule has 1 aliphatic heterocycles. The van der Waals surface area contributed by atoms with Crippen LogP contribution in [0.5, 0.6) is 5.75 Å². The van der Waals surface area contributed by atoms with E-state index in [1.807, 2.05) is 66.2 Å². The van der Waals surface area contributed by atoms with Gasteiger partial charge in [-0.25, -0.2) is 4.68 Å². The Hall–Kier alpha value is -3.00. The molecule has 0 spiro atoms. The molecule has 1 amide bonds. The van der Waals surface area contributed by atoms with Gasteiger partial charge in [0.15, 0.2) is 5.82 Å². The molecule has 3 aromatic rings. The number of hydrogen-bond donors (Lipinski definition) is 2. The summed E-state index contributed by atoms with van der Waals surface area (Å²) in [6.45, 7) is 7.37. The summed E-state index contributed by atoms with van der Waals surface area (Å²) >= 11 is 1.43. The van der Waals surface area contributed by atoms with Gasteiger partial charge < -0.3 is 15.5 Å². The minimum Gasteiger partial charge on any atom is -0.494 e. The Balaban J connectivity index is 1.67. The van der Waals surface area contributed by atoms with Crippen molar-refractivity contribution in [1.29, 1.82) is 0 Å². The molecule has 7 nitrogen and oxygen atoms in total. The highest BCUT2D eigenvalue weighted by Crippen LogP contribution is 2.38. The number of fused-ring (bicyclic) bond motifs is 1. The first-order valence-corrected chi connectivity index (χ1v) is 11.4. The molecule has 162 valence electrons. The molecule has 2 heterocycles. The Labute approximate surface area is 186 Å². The molecule has 31 heavy (non-hydrogen) atoms. The largest absolute Gasteiger partial charge is 0.494 e. The zero-order valence-electron chi connectivity index (χ0n) is 17.9.